The van der Waals surface area contributed by atoms with Crippen LogP contribution in [0.4, 0.5) is 0 Å². The number of hydroxylamine groups is 1. The number of hydrogen-bond acceptors (Lipinski definition) is 6. The fourth-order valence-corrected chi connectivity index (χ4v) is 7.51. The van der Waals surface area contributed by atoms with Crippen molar-refractivity contribution in [2.24, 2.45) is 5.92 Å². The van der Waals surface area contributed by atoms with Crippen molar-refractivity contribution in [1.29, 1.82) is 5.26 Å². The van der Waals surface area contributed by atoms with Crippen molar-refractivity contribution in [1.82, 2.24) is 9.45 Å². The van der Waals surface area contributed by atoms with Crippen molar-refractivity contribution in [2.45, 2.75) is 17.2 Å². The van der Waals surface area contributed by atoms with Crippen LogP contribution in [-0.2, 0) is 14.8 Å². The second-order valence-corrected chi connectivity index (χ2v) is 12.4. The summed E-state index contributed by atoms with van der Waals surface area (Å²) >= 11 is 7.35. The predicted octanol–water partition coefficient (Wildman–Crippen LogP) is 6.41. The van der Waals surface area contributed by atoms with E-state index >= 15 is 0 Å². The van der Waals surface area contributed by atoms with Gasteiger partial charge in [-0.1, -0.05) is 48.0 Å². The highest BCUT2D eigenvalue weighted by Crippen LogP contribution is 2.50. The Hall–Kier alpha value is -3.94. The molecule has 5 aromatic rings. The van der Waals surface area contributed by atoms with Crippen molar-refractivity contribution in [3.05, 3.63) is 99.7 Å². The highest BCUT2D eigenvalue weighted by molar-refractivity contribution is 7.90. The Bertz CT molecular complexity index is 1900. The van der Waals surface area contributed by atoms with Crippen LogP contribution in [-0.4, -0.2) is 23.5 Å². The summed E-state index contributed by atoms with van der Waals surface area (Å²) in [5.41, 5.74) is 5.39. The van der Waals surface area contributed by atoms with Crippen LogP contribution in [0.1, 0.15) is 22.8 Å². The largest absolute Gasteiger partial charge is 0.289 e. The van der Waals surface area contributed by atoms with Gasteiger partial charge < -0.3 is 0 Å². The summed E-state index contributed by atoms with van der Waals surface area (Å²) in [5.74, 6) is -0.889. The molecule has 194 valence electrons. The van der Waals surface area contributed by atoms with E-state index in [2.05, 4.69) is 6.07 Å². The van der Waals surface area contributed by atoms with E-state index in [9.17, 15) is 18.5 Å². The van der Waals surface area contributed by atoms with Gasteiger partial charge in [-0.3, -0.25) is 10.0 Å². The third kappa shape index (κ3) is 4.22. The van der Waals surface area contributed by atoms with Crippen molar-refractivity contribution < 1.29 is 18.4 Å². The van der Waals surface area contributed by atoms with Crippen LogP contribution >= 0.6 is 22.9 Å². The summed E-state index contributed by atoms with van der Waals surface area (Å²) in [5, 5.41) is 21.9. The van der Waals surface area contributed by atoms with Gasteiger partial charge in [-0.05, 0) is 65.7 Å². The molecule has 0 bridgehead atoms. The van der Waals surface area contributed by atoms with Crippen molar-refractivity contribution >= 4 is 49.8 Å². The summed E-state index contributed by atoms with van der Waals surface area (Å²) in [6.45, 7) is 0. The lowest BCUT2D eigenvalue weighted by molar-refractivity contribution is -0.130. The van der Waals surface area contributed by atoms with Gasteiger partial charge in [0.1, 0.15) is 10.9 Å². The fourth-order valence-electron chi connectivity index (χ4n) is 5.15. The quantitative estimate of drug-likeness (QED) is 0.180. The number of carbonyl (C=O) groups excluding carboxylic acids is 1. The zero-order valence-corrected chi connectivity index (χ0v) is 22.6. The molecule has 1 amide bonds. The van der Waals surface area contributed by atoms with Gasteiger partial charge in [0.15, 0.2) is 0 Å². The number of carbonyl (C=O) groups is 1. The van der Waals surface area contributed by atoms with Gasteiger partial charge in [0.05, 0.1) is 16.1 Å². The number of aromatic nitrogens is 1. The van der Waals surface area contributed by atoms with Crippen LogP contribution in [0.5, 0.6) is 0 Å². The lowest BCUT2D eigenvalue weighted by atomic mass is 9.97. The number of para-hydroxylation sites is 1. The van der Waals surface area contributed by atoms with Gasteiger partial charge in [0.2, 0.25) is 5.91 Å². The molecule has 3 aromatic carbocycles. The molecular formula is C29H20ClN3O4S2. The third-order valence-corrected chi connectivity index (χ3v) is 9.84. The van der Waals surface area contributed by atoms with Crippen molar-refractivity contribution in [3.8, 4) is 28.5 Å². The van der Waals surface area contributed by atoms with E-state index < -0.39 is 15.9 Å². The van der Waals surface area contributed by atoms with Crippen LogP contribution in [0.3, 0.4) is 0 Å². The minimum absolute atomic E-state index is 0.0734. The molecule has 1 saturated carbocycles. The number of thiophene rings is 1. The summed E-state index contributed by atoms with van der Waals surface area (Å²) in [4.78, 5) is 12.5. The smallest absolute Gasteiger partial charge is 0.268 e. The molecule has 10 heteroatoms. The van der Waals surface area contributed by atoms with Gasteiger partial charge >= 0.3 is 0 Å². The molecule has 7 nitrogen and oxygen atoms in total. The van der Waals surface area contributed by atoms with Crippen LogP contribution in [0, 0.1) is 17.2 Å². The Morgan fingerprint density at radius 2 is 1.85 bits per heavy atom. The molecule has 0 spiro atoms. The zero-order valence-electron chi connectivity index (χ0n) is 20.2. The van der Waals surface area contributed by atoms with Crippen LogP contribution in [0.15, 0.2) is 89.1 Å². The first-order valence-corrected chi connectivity index (χ1v) is 14.7. The van der Waals surface area contributed by atoms with E-state index in [1.54, 1.807) is 17.6 Å². The molecule has 2 aromatic heterocycles. The van der Waals surface area contributed by atoms with Crippen LogP contribution < -0.4 is 5.48 Å². The maximum absolute atomic E-state index is 14.3. The van der Waals surface area contributed by atoms with E-state index in [0.29, 0.717) is 49.6 Å². The number of hydrogen-bond donors (Lipinski definition) is 2. The maximum atomic E-state index is 14.3. The number of halogens is 1. The molecule has 0 saturated heterocycles. The molecule has 1 fully saturated rings. The Morgan fingerprint density at radius 1 is 1.08 bits per heavy atom. The molecular weight excluding hydrogens is 554 g/mol. The standard InChI is InChI=1S/C29H20ClN3O4S2/c30-19-8-10-20(11-9-19)39(36,37)33-25-7-2-1-6-21(25)27(22-12-13-38-26(22)16-31)28(33)18-5-3-4-17(14-18)23-15-24(23)29(34)32-35/h1-14,23-24,35H,15H2,(H,32,34). The third-order valence-electron chi connectivity index (χ3n) is 7.05. The van der Waals surface area contributed by atoms with E-state index in [0.717, 1.165) is 5.56 Å². The maximum Gasteiger partial charge on any atom is 0.268 e. The normalized spacial score (nSPS) is 16.6. The van der Waals surface area contributed by atoms with E-state index in [1.807, 2.05) is 47.8 Å². The average Bonchev–Trinajstić information content (AvgIpc) is 3.48. The lowest BCUT2D eigenvalue weighted by Gasteiger charge is -2.15. The highest BCUT2D eigenvalue weighted by atomic mass is 35.5. The minimum atomic E-state index is -4.12. The molecule has 39 heavy (non-hydrogen) atoms. The summed E-state index contributed by atoms with van der Waals surface area (Å²) in [6, 6.07) is 24.8. The van der Waals surface area contributed by atoms with Gasteiger partial charge in [-0.2, -0.15) is 5.26 Å². The summed E-state index contributed by atoms with van der Waals surface area (Å²) in [6.07, 6.45) is 0.581. The van der Waals surface area contributed by atoms with E-state index in [1.165, 1.54) is 39.6 Å². The topological polar surface area (TPSA) is 112 Å². The molecule has 0 radical (unpaired) electrons. The minimum Gasteiger partial charge on any atom is -0.289 e. The van der Waals surface area contributed by atoms with Gasteiger partial charge in [-0.25, -0.2) is 17.9 Å². The molecule has 2 heterocycles. The molecule has 1 aliphatic rings. The number of nitrogens with one attached hydrogen (secondary N) is 1. The first-order chi connectivity index (χ1) is 18.8. The summed E-state index contributed by atoms with van der Waals surface area (Å²) in [7, 11) is -4.12. The van der Waals surface area contributed by atoms with Crippen molar-refractivity contribution in [3.63, 3.8) is 0 Å². The van der Waals surface area contributed by atoms with Gasteiger partial charge in [0.25, 0.3) is 10.0 Å². The molecule has 6 rings (SSSR count). The SMILES string of the molecule is N#Cc1sccc1-c1c(-c2cccc(C3CC3C(=O)NO)c2)n(S(=O)(=O)c2ccc(Cl)cc2)c2ccccc12. The molecule has 2 N–H and O–H groups in total. The monoisotopic (exact) mass is 573 g/mol. The lowest BCUT2D eigenvalue weighted by Crippen LogP contribution is -2.20. The number of nitrogens with zero attached hydrogens (tertiary/aromatic N) is 2. The Balaban J connectivity index is 1.67. The first kappa shape index (κ1) is 25.3. The first-order valence-electron chi connectivity index (χ1n) is 12.0. The molecule has 2 atom stereocenters. The number of fused-ring (bicyclic) bond motifs is 1. The summed E-state index contributed by atoms with van der Waals surface area (Å²) < 4.78 is 29.9. The Morgan fingerprint density at radius 3 is 2.59 bits per heavy atom. The van der Waals surface area contributed by atoms with E-state index in [4.69, 9.17) is 16.8 Å². The van der Waals surface area contributed by atoms with Crippen molar-refractivity contribution in [2.75, 3.05) is 0 Å². The predicted molar refractivity (Wildman–Crippen MR) is 150 cm³/mol. The Labute approximate surface area is 233 Å². The van der Waals surface area contributed by atoms with Crippen LogP contribution in [0.25, 0.3) is 33.3 Å². The highest BCUT2D eigenvalue weighted by Gasteiger charge is 2.44. The van der Waals surface area contributed by atoms with E-state index in [-0.39, 0.29) is 16.7 Å². The average molecular weight is 574 g/mol. The second kappa shape index (κ2) is 9.67. The number of amides is 1. The second-order valence-electron chi connectivity index (χ2n) is 9.29. The Kier molecular flexibility index (Phi) is 6.28. The molecule has 2 unspecified atom stereocenters. The van der Waals surface area contributed by atoms with Gasteiger partial charge in [-0.15, -0.1) is 11.3 Å². The zero-order chi connectivity index (χ0) is 27.3. The molecule has 1 aliphatic carbocycles. The number of nitriles is 1. The van der Waals surface area contributed by atoms with Crippen LogP contribution in [0.2, 0.25) is 5.02 Å². The fraction of sp³-hybridized carbons (Fsp3) is 0.103. The molecule has 0 aliphatic heterocycles. The van der Waals surface area contributed by atoms with Gasteiger partial charge in [0, 0.05) is 33.0 Å². The number of rotatable bonds is 6. The number of benzene rings is 3.